The van der Waals surface area contributed by atoms with Gasteiger partial charge in [-0.05, 0) is 17.9 Å². The van der Waals surface area contributed by atoms with E-state index in [4.69, 9.17) is 27.9 Å². The number of hydrogen-bond acceptors (Lipinski definition) is 4. The predicted molar refractivity (Wildman–Crippen MR) is 77.2 cm³/mol. The van der Waals surface area contributed by atoms with Gasteiger partial charge < -0.3 is 9.84 Å². The number of aromatic nitrogens is 2. The van der Waals surface area contributed by atoms with Crippen LogP contribution in [-0.4, -0.2) is 28.6 Å². The molecule has 0 aliphatic heterocycles. The first-order valence-corrected chi connectivity index (χ1v) is 7.31. The fourth-order valence-electron chi connectivity index (χ4n) is 1.76. The molecule has 2 aromatic heterocycles. The summed E-state index contributed by atoms with van der Waals surface area (Å²) in [7, 11) is 1.61. The summed E-state index contributed by atoms with van der Waals surface area (Å²) in [5.74, 6) is 0. The average molecular weight is 321 g/mol. The largest absolute Gasteiger partial charge is 0.383 e. The summed E-state index contributed by atoms with van der Waals surface area (Å²) >= 11 is 13.7. The molecule has 19 heavy (non-hydrogen) atoms. The first-order valence-electron chi connectivity index (χ1n) is 5.68. The highest BCUT2D eigenvalue weighted by Gasteiger charge is 2.24. The van der Waals surface area contributed by atoms with E-state index in [1.54, 1.807) is 11.8 Å². The lowest BCUT2D eigenvalue weighted by Gasteiger charge is -2.13. The molecule has 0 bridgehead atoms. The van der Waals surface area contributed by atoms with Gasteiger partial charge in [-0.25, -0.2) is 0 Å². The smallest absolute Gasteiger partial charge is 0.133 e. The number of aryl methyl sites for hydroxylation is 1. The molecule has 2 heterocycles. The molecule has 0 saturated carbocycles. The predicted octanol–water partition coefficient (Wildman–Crippen LogP) is 3.29. The zero-order valence-electron chi connectivity index (χ0n) is 10.6. The summed E-state index contributed by atoms with van der Waals surface area (Å²) in [6.07, 6.45) is 0.641. The van der Waals surface area contributed by atoms with Gasteiger partial charge in [-0.15, -0.1) is 11.3 Å². The van der Waals surface area contributed by atoms with E-state index < -0.39 is 6.10 Å². The van der Waals surface area contributed by atoms with Crippen LogP contribution in [0.2, 0.25) is 10.0 Å². The molecule has 1 N–H and O–H groups in total. The maximum Gasteiger partial charge on any atom is 0.133 e. The van der Waals surface area contributed by atoms with Gasteiger partial charge in [0.2, 0.25) is 0 Å². The van der Waals surface area contributed by atoms with Crippen molar-refractivity contribution >= 4 is 34.5 Å². The second-order valence-corrected chi connectivity index (χ2v) is 5.79. The van der Waals surface area contributed by atoms with Crippen LogP contribution in [0.15, 0.2) is 11.6 Å². The molecule has 0 amide bonds. The quantitative estimate of drug-likeness (QED) is 0.919. The Hall–Kier alpha value is -0.590. The van der Waals surface area contributed by atoms with E-state index in [-0.39, 0.29) is 0 Å². The molecule has 1 unspecified atom stereocenters. The van der Waals surface area contributed by atoms with Crippen LogP contribution >= 0.6 is 34.5 Å². The Balaban J connectivity index is 2.35. The zero-order chi connectivity index (χ0) is 14.0. The molecule has 0 spiro atoms. The SMILES string of the molecule is COCCn1ncc(Cl)c1C(O)c1scc(C)c1Cl. The summed E-state index contributed by atoms with van der Waals surface area (Å²) in [6.45, 7) is 2.92. The number of aliphatic hydroxyl groups is 1. The van der Waals surface area contributed by atoms with Gasteiger partial charge in [0.25, 0.3) is 0 Å². The molecule has 104 valence electrons. The zero-order valence-corrected chi connectivity index (χ0v) is 12.9. The fourth-order valence-corrected chi connectivity index (χ4v) is 3.29. The van der Waals surface area contributed by atoms with Gasteiger partial charge in [0.1, 0.15) is 6.10 Å². The Morgan fingerprint density at radius 3 is 2.84 bits per heavy atom. The van der Waals surface area contributed by atoms with Gasteiger partial charge in [0.05, 0.1) is 40.0 Å². The topological polar surface area (TPSA) is 47.3 Å². The molecule has 0 radical (unpaired) electrons. The van der Waals surface area contributed by atoms with Crippen LogP contribution in [0.25, 0.3) is 0 Å². The van der Waals surface area contributed by atoms with Crippen LogP contribution in [0.3, 0.4) is 0 Å². The minimum atomic E-state index is -0.877. The van der Waals surface area contributed by atoms with Crippen LogP contribution in [-0.2, 0) is 11.3 Å². The normalized spacial score (nSPS) is 12.9. The molecule has 4 nitrogen and oxygen atoms in total. The summed E-state index contributed by atoms with van der Waals surface area (Å²) < 4.78 is 6.66. The van der Waals surface area contributed by atoms with Crippen molar-refractivity contribution in [2.24, 2.45) is 0 Å². The third kappa shape index (κ3) is 2.95. The number of thiophene rings is 1. The summed E-state index contributed by atoms with van der Waals surface area (Å²) in [5.41, 5.74) is 1.49. The molecule has 0 saturated heterocycles. The molecule has 1 atom stereocenters. The maximum absolute atomic E-state index is 10.5. The molecule has 2 rings (SSSR count). The van der Waals surface area contributed by atoms with Crippen molar-refractivity contribution in [2.45, 2.75) is 19.6 Å². The van der Waals surface area contributed by atoms with Gasteiger partial charge in [0.15, 0.2) is 0 Å². The third-order valence-electron chi connectivity index (χ3n) is 2.77. The summed E-state index contributed by atoms with van der Waals surface area (Å²) in [5, 5.41) is 17.5. The monoisotopic (exact) mass is 320 g/mol. The van der Waals surface area contributed by atoms with Crippen LogP contribution < -0.4 is 0 Å². The molecular formula is C12H14Cl2N2O2S. The molecule has 0 fully saturated rings. The van der Waals surface area contributed by atoms with Crippen molar-refractivity contribution in [1.82, 2.24) is 9.78 Å². The van der Waals surface area contributed by atoms with Crippen LogP contribution in [0.4, 0.5) is 0 Å². The van der Waals surface area contributed by atoms with Crippen molar-refractivity contribution < 1.29 is 9.84 Å². The average Bonchev–Trinajstić information content (AvgIpc) is 2.91. The molecule has 0 aromatic carbocycles. The summed E-state index contributed by atoms with van der Waals surface area (Å²) in [4.78, 5) is 0.681. The second-order valence-electron chi connectivity index (χ2n) is 4.09. The third-order valence-corrected chi connectivity index (χ3v) is 4.83. The molecular weight excluding hydrogens is 307 g/mol. The van der Waals surface area contributed by atoms with E-state index in [1.807, 2.05) is 12.3 Å². The second kappa shape index (κ2) is 6.24. The number of ether oxygens (including phenoxy) is 1. The number of nitrogens with zero attached hydrogens (tertiary/aromatic N) is 2. The first-order chi connectivity index (χ1) is 9.06. The lowest BCUT2D eigenvalue weighted by molar-refractivity contribution is 0.172. The Bertz CT molecular complexity index is 568. The van der Waals surface area contributed by atoms with Crippen molar-refractivity contribution in [3.8, 4) is 0 Å². The molecule has 7 heteroatoms. The number of rotatable bonds is 5. The summed E-state index contributed by atoms with van der Waals surface area (Å²) in [6, 6.07) is 0. The van der Waals surface area contributed by atoms with Crippen molar-refractivity contribution in [1.29, 1.82) is 0 Å². The van der Waals surface area contributed by atoms with Crippen molar-refractivity contribution in [3.05, 3.63) is 37.8 Å². The van der Waals surface area contributed by atoms with E-state index in [0.29, 0.717) is 33.8 Å². The van der Waals surface area contributed by atoms with E-state index in [1.165, 1.54) is 17.5 Å². The lowest BCUT2D eigenvalue weighted by Crippen LogP contribution is -2.13. The molecule has 0 aliphatic rings. The highest BCUT2D eigenvalue weighted by Crippen LogP contribution is 2.37. The van der Waals surface area contributed by atoms with Gasteiger partial charge in [-0.3, -0.25) is 4.68 Å². The van der Waals surface area contributed by atoms with Crippen LogP contribution in [0.1, 0.15) is 22.2 Å². The lowest BCUT2D eigenvalue weighted by atomic mass is 10.2. The van der Waals surface area contributed by atoms with E-state index in [0.717, 1.165) is 5.56 Å². The van der Waals surface area contributed by atoms with Gasteiger partial charge in [-0.2, -0.15) is 5.10 Å². The molecule has 2 aromatic rings. The van der Waals surface area contributed by atoms with Crippen molar-refractivity contribution in [2.75, 3.05) is 13.7 Å². The molecule has 0 aliphatic carbocycles. The van der Waals surface area contributed by atoms with Gasteiger partial charge in [-0.1, -0.05) is 23.2 Å². The Kier molecular flexibility index (Phi) is 4.86. The Morgan fingerprint density at radius 2 is 2.26 bits per heavy atom. The highest BCUT2D eigenvalue weighted by molar-refractivity contribution is 7.10. The first kappa shape index (κ1) is 14.8. The van der Waals surface area contributed by atoms with E-state index >= 15 is 0 Å². The van der Waals surface area contributed by atoms with Crippen molar-refractivity contribution in [3.63, 3.8) is 0 Å². The minimum Gasteiger partial charge on any atom is -0.383 e. The Labute approximate surface area is 125 Å². The number of halogens is 2. The van der Waals surface area contributed by atoms with E-state index in [2.05, 4.69) is 5.10 Å². The van der Waals surface area contributed by atoms with Crippen LogP contribution in [0, 0.1) is 6.92 Å². The van der Waals surface area contributed by atoms with Gasteiger partial charge >= 0.3 is 0 Å². The van der Waals surface area contributed by atoms with Gasteiger partial charge in [0, 0.05) is 7.11 Å². The number of hydrogen-bond donors (Lipinski definition) is 1. The maximum atomic E-state index is 10.5. The highest BCUT2D eigenvalue weighted by atomic mass is 35.5. The number of methoxy groups -OCH3 is 1. The van der Waals surface area contributed by atoms with E-state index in [9.17, 15) is 5.11 Å². The number of aliphatic hydroxyl groups excluding tert-OH is 1. The minimum absolute atomic E-state index is 0.422. The standard InChI is InChI=1S/C12H14Cl2N2O2S/c1-7-6-19-12(9(7)14)11(17)10-8(13)5-15-16(10)3-4-18-2/h5-6,11,17H,3-4H2,1-2H3. The fraction of sp³-hybridized carbons (Fsp3) is 0.417. The van der Waals surface area contributed by atoms with Crippen LogP contribution in [0.5, 0.6) is 0 Å². The Morgan fingerprint density at radius 1 is 1.53 bits per heavy atom.